The number of rotatable bonds is 6. The van der Waals surface area contributed by atoms with Crippen molar-refractivity contribution >= 4 is 33.2 Å². The molecule has 1 fully saturated rings. The minimum absolute atomic E-state index is 0.0343. The van der Waals surface area contributed by atoms with E-state index in [9.17, 15) is 26.8 Å². The van der Waals surface area contributed by atoms with Gasteiger partial charge in [-0.25, -0.2) is 17.2 Å². The molecular formula is C20H22F2N4O4S. The van der Waals surface area contributed by atoms with E-state index in [-0.39, 0.29) is 44.5 Å². The fourth-order valence-corrected chi connectivity index (χ4v) is 4.72. The number of carbonyl (C=O) groups excluding carboxylic acids is 2. The Morgan fingerprint density at radius 2 is 1.61 bits per heavy atom. The van der Waals surface area contributed by atoms with Crippen molar-refractivity contribution in [3.8, 4) is 0 Å². The van der Waals surface area contributed by atoms with Crippen LogP contribution in [0.15, 0.2) is 47.4 Å². The third-order valence-electron chi connectivity index (χ3n) is 4.68. The van der Waals surface area contributed by atoms with Gasteiger partial charge in [-0.15, -0.1) is 0 Å². The summed E-state index contributed by atoms with van der Waals surface area (Å²) in [5.74, 6) is -2.37. The molecule has 1 aliphatic rings. The monoisotopic (exact) mass is 452 g/mol. The number of nitrogens with one attached hydrogen (secondary N) is 2. The largest absolute Gasteiger partial charge is 0.326 e. The number of hydrogen-bond donors (Lipinski definition) is 2. The van der Waals surface area contributed by atoms with Crippen molar-refractivity contribution in [1.82, 2.24) is 9.21 Å². The lowest BCUT2D eigenvalue weighted by Gasteiger charge is -2.33. The number of benzene rings is 2. The van der Waals surface area contributed by atoms with Crippen molar-refractivity contribution in [3.63, 3.8) is 0 Å². The number of piperazine rings is 1. The maximum Gasteiger partial charge on any atom is 0.246 e. The summed E-state index contributed by atoms with van der Waals surface area (Å²) in [4.78, 5) is 24.5. The fourth-order valence-electron chi connectivity index (χ4n) is 3.22. The molecule has 0 bridgehead atoms. The number of carbonyl (C=O) groups is 2. The zero-order chi connectivity index (χ0) is 22.6. The van der Waals surface area contributed by atoms with Gasteiger partial charge in [-0.3, -0.25) is 14.5 Å². The first-order valence-corrected chi connectivity index (χ1v) is 10.9. The average Bonchev–Trinajstić information content (AvgIpc) is 2.70. The number of sulfonamides is 1. The first kappa shape index (κ1) is 22.8. The Bertz CT molecular complexity index is 1090. The van der Waals surface area contributed by atoms with Gasteiger partial charge in [0.1, 0.15) is 16.5 Å². The molecule has 0 unspecified atom stereocenters. The highest BCUT2D eigenvalue weighted by Crippen LogP contribution is 2.22. The molecule has 11 heteroatoms. The van der Waals surface area contributed by atoms with Gasteiger partial charge < -0.3 is 10.6 Å². The fraction of sp³-hybridized carbons (Fsp3) is 0.300. The molecule has 2 aromatic rings. The molecule has 166 valence electrons. The van der Waals surface area contributed by atoms with Crippen molar-refractivity contribution in [3.05, 3.63) is 54.1 Å². The first-order chi connectivity index (χ1) is 14.6. The van der Waals surface area contributed by atoms with E-state index in [1.807, 2.05) is 0 Å². The normalized spacial score (nSPS) is 15.5. The van der Waals surface area contributed by atoms with E-state index in [1.165, 1.54) is 6.92 Å². The highest BCUT2D eigenvalue weighted by molar-refractivity contribution is 7.89. The molecular weight excluding hydrogens is 430 g/mol. The highest BCUT2D eigenvalue weighted by atomic mass is 32.2. The van der Waals surface area contributed by atoms with Gasteiger partial charge in [-0.1, -0.05) is 6.07 Å². The molecule has 3 rings (SSSR count). The number of anilines is 2. The van der Waals surface area contributed by atoms with Gasteiger partial charge in [0.15, 0.2) is 0 Å². The van der Waals surface area contributed by atoms with Crippen LogP contribution >= 0.6 is 0 Å². The summed E-state index contributed by atoms with van der Waals surface area (Å²) in [6.45, 7) is 2.03. The molecule has 31 heavy (non-hydrogen) atoms. The van der Waals surface area contributed by atoms with Gasteiger partial charge in [-0.05, 0) is 36.4 Å². The van der Waals surface area contributed by atoms with Crippen LogP contribution < -0.4 is 10.6 Å². The zero-order valence-corrected chi connectivity index (χ0v) is 17.6. The smallest absolute Gasteiger partial charge is 0.246 e. The molecule has 1 aliphatic heterocycles. The van der Waals surface area contributed by atoms with Crippen LogP contribution in [0.3, 0.4) is 0 Å². The summed E-state index contributed by atoms with van der Waals surface area (Å²) in [5.41, 5.74) is 1.06. The minimum Gasteiger partial charge on any atom is -0.326 e. The van der Waals surface area contributed by atoms with E-state index >= 15 is 0 Å². The quantitative estimate of drug-likeness (QED) is 0.697. The molecule has 1 heterocycles. The van der Waals surface area contributed by atoms with Gasteiger partial charge in [0, 0.05) is 44.5 Å². The summed E-state index contributed by atoms with van der Waals surface area (Å²) in [6, 6.07) is 8.99. The summed E-state index contributed by atoms with van der Waals surface area (Å²) in [7, 11) is -4.17. The van der Waals surface area contributed by atoms with E-state index in [1.54, 1.807) is 29.2 Å². The Kier molecular flexibility index (Phi) is 6.98. The predicted octanol–water partition coefficient (Wildman–Crippen LogP) is 1.87. The van der Waals surface area contributed by atoms with Crippen LogP contribution in [0.25, 0.3) is 0 Å². The van der Waals surface area contributed by atoms with Crippen LogP contribution in [0.4, 0.5) is 20.2 Å². The number of halogens is 2. The molecule has 0 radical (unpaired) electrons. The van der Waals surface area contributed by atoms with Gasteiger partial charge in [0.2, 0.25) is 21.8 Å². The lowest BCUT2D eigenvalue weighted by atomic mass is 10.2. The van der Waals surface area contributed by atoms with E-state index < -0.39 is 26.6 Å². The SMILES string of the molecule is CC(=O)Nc1cccc(NC(=O)CN2CCN(S(=O)(=O)c3cc(F)ccc3F)CC2)c1. The summed E-state index contributed by atoms with van der Waals surface area (Å²) in [5, 5.41) is 5.36. The van der Waals surface area contributed by atoms with E-state index in [0.717, 1.165) is 16.4 Å². The molecule has 1 saturated heterocycles. The van der Waals surface area contributed by atoms with Crippen molar-refractivity contribution in [1.29, 1.82) is 0 Å². The molecule has 0 atom stereocenters. The molecule has 2 N–H and O–H groups in total. The molecule has 0 saturated carbocycles. The maximum absolute atomic E-state index is 13.9. The molecule has 2 aromatic carbocycles. The minimum atomic E-state index is -4.17. The van der Waals surface area contributed by atoms with Gasteiger partial charge in [-0.2, -0.15) is 4.31 Å². The van der Waals surface area contributed by atoms with Crippen LogP contribution in [0.2, 0.25) is 0 Å². The Balaban J connectivity index is 1.56. The molecule has 0 spiro atoms. The average molecular weight is 452 g/mol. The summed E-state index contributed by atoms with van der Waals surface area (Å²) in [6.07, 6.45) is 0. The van der Waals surface area contributed by atoms with Crippen molar-refractivity contribution in [2.45, 2.75) is 11.8 Å². The third kappa shape index (κ3) is 5.84. The number of nitrogens with zero attached hydrogens (tertiary/aromatic N) is 2. The second-order valence-corrected chi connectivity index (χ2v) is 8.97. The standard InChI is InChI=1S/C20H22F2N4O4S/c1-14(27)23-16-3-2-4-17(12-16)24-20(28)13-25-7-9-26(10-8-25)31(29,30)19-11-15(21)5-6-18(19)22/h2-6,11-12H,7-10,13H2,1H3,(H,23,27)(H,24,28). The lowest BCUT2D eigenvalue weighted by molar-refractivity contribution is -0.117. The summed E-state index contributed by atoms with van der Waals surface area (Å²) >= 11 is 0. The topological polar surface area (TPSA) is 98.8 Å². The zero-order valence-electron chi connectivity index (χ0n) is 16.8. The Morgan fingerprint density at radius 3 is 2.26 bits per heavy atom. The van der Waals surface area contributed by atoms with Crippen LogP contribution in [0.1, 0.15) is 6.92 Å². The van der Waals surface area contributed by atoms with E-state index in [4.69, 9.17) is 0 Å². The first-order valence-electron chi connectivity index (χ1n) is 9.50. The predicted molar refractivity (Wildman–Crippen MR) is 111 cm³/mol. The van der Waals surface area contributed by atoms with Gasteiger partial charge in [0.05, 0.1) is 6.54 Å². The van der Waals surface area contributed by atoms with Gasteiger partial charge >= 0.3 is 0 Å². The van der Waals surface area contributed by atoms with E-state index in [2.05, 4.69) is 10.6 Å². The maximum atomic E-state index is 13.9. The highest BCUT2D eigenvalue weighted by Gasteiger charge is 2.31. The molecule has 0 aromatic heterocycles. The molecule has 8 nitrogen and oxygen atoms in total. The van der Waals surface area contributed by atoms with Crippen LogP contribution in [0, 0.1) is 11.6 Å². The van der Waals surface area contributed by atoms with Crippen LogP contribution in [-0.2, 0) is 19.6 Å². The van der Waals surface area contributed by atoms with Crippen molar-refractivity contribution < 1.29 is 26.8 Å². The molecule has 2 amide bonds. The molecule has 0 aliphatic carbocycles. The number of hydrogen-bond acceptors (Lipinski definition) is 5. The second-order valence-electron chi connectivity index (χ2n) is 7.07. The van der Waals surface area contributed by atoms with Crippen molar-refractivity contribution in [2.24, 2.45) is 0 Å². The third-order valence-corrected chi connectivity index (χ3v) is 6.59. The lowest BCUT2D eigenvalue weighted by Crippen LogP contribution is -2.50. The van der Waals surface area contributed by atoms with Gasteiger partial charge in [0.25, 0.3) is 0 Å². The Labute approximate surface area is 178 Å². The number of amides is 2. The van der Waals surface area contributed by atoms with Crippen LogP contribution in [-0.4, -0.2) is 62.2 Å². The van der Waals surface area contributed by atoms with E-state index in [0.29, 0.717) is 17.4 Å². The Hall–Kier alpha value is -2.89. The van der Waals surface area contributed by atoms with Crippen molar-refractivity contribution in [2.75, 3.05) is 43.4 Å². The second kappa shape index (κ2) is 9.50. The van der Waals surface area contributed by atoms with Crippen LogP contribution in [0.5, 0.6) is 0 Å². The Morgan fingerprint density at radius 1 is 0.968 bits per heavy atom. The summed E-state index contributed by atoms with van der Waals surface area (Å²) < 4.78 is 53.6.